The summed E-state index contributed by atoms with van der Waals surface area (Å²) in [5.41, 5.74) is 3.98. The zero-order valence-electron chi connectivity index (χ0n) is 17.6. The summed E-state index contributed by atoms with van der Waals surface area (Å²) in [6, 6.07) is 13.1. The highest BCUT2D eigenvalue weighted by atomic mass is 19.2. The number of aryl methyl sites for hydroxylation is 2. The van der Waals surface area contributed by atoms with Crippen LogP contribution in [0, 0.1) is 25.5 Å². The maximum atomic E-state index is 13.2. The molecule has 164 valence electrons. The Kier molecular flexibility index (Phi) is 7.92. The molecule has 3 aromatic rings. The van der Waals surface area contributed by atoms with Gasteiger partial charge < -0.3 is 19.9 Å². The van der Waals surface area contributed by atoms with E-state index in [2.05, 4.69) is 10.3 Å². The Bertz CT molecular complexity index is 976. The number of nitrogens with zero attached hydrogens (tertiary/aromatic N) is 1. The van der Waals surface area contributed by atoms with Crippen molar-refractivity contribution in [2.75, 3.05) is 13.2 Å². The standard InChI is InChI=1S/C24H26F2N2O3/c1-16-9-18(10-17(2)24(16)31-14-19-5-3-4-8-28-19)12-27-13-20(29)15-30-21-6-7-22(25)23(26)11-21/h3-11,20,27,29H,12-15H2,1-2H3. The molecule has 0 aliphatic carbocycles. The second-order valence-electron chi connectivity index (χ2n) is 7.34. The van der Waals surface area contributed by atoms with Crippen LogP contribution in [0.4, 0.5) is 8.78 Å². The van der Waals surface area contributed by atoms with Gasteiger partial charge in [-0.3, -0.25) is 4.98 Å². The fraction of sp³-hybridized carbons (Fsp3) is 0.292. The third kappa shape index (κ3) is 6.73. The van der Waals surface area contributed by atoms with Crippen molar-refractivity contribution >= 4 is 0 Å². The van der Waals surface area contributed by atoms with Gasteiger partial charge in [-0.2, -0.15) is 0 Å². The molecule has 0 aliphatic rings. The first-order valence-electron chi connectivity index (χ1n) is 10.0. The van der Waals surface area contributed by atoms with Crippen LogP contribution >= 0.6 is 0 Å². The van der Waals surface area contributed by atoms with Gasteiger partial charge in [-0.1, -0.05) is 18.2 Å². The van der Waals surface area contributed by atoms with Crippen LogP contribution in [-0.2, 0) is 13.2 Å². The Balaban J connectivity index is 1.46. The molecule has 2 N–H and O–H groups in total. The molecule has 0 fully saturated rings. The number of aliphatic hydroxyl groups excluding tert-OH is 1. The molecule has 0 bridgehead atoms. The Morgan fingerprint density at radius 2 is 1.77 bits per heavy atom. The monoisotopic (exact) mass is 428 g/mol. The van der Waals surface area contributed by atoms with Crippen molar-refractivity contribution in [1.82, 2.24) is 10.3 Å². The highest BCUT2D eigenvalue weighted by molar-refractivity contribution is 5.43. The third-order valence-electron chi connectivity index (χ3n) is 4.65. The van der Waals surface area contributed by atoms with Crippen LogP contribution in [0.1, 0.15) is 22.4 Å². The molecular formula is C24H26F2N2O3. The van der Waals surface area contributed by atoms with Gasteiger partial charge in [0.1, 0.15) is 30.8 Å². The molecule has 0 radical (unpaired) electrons. The average Bonchev–Trinajstić information content (AvgIpc) is 2.75. The summed E-state index contributed by atoms with van der Waals surface area (Å²) in [6.07, 6.45) is 0.946. The molecule has 5 nitrogen and oxygen atoms in total. The highest BCUT2D eigenvalue weighted by Gasteiger charge is 2.10. The van der Waals surface area contributed by atoms with Gasteiger partial charge in [0, 0.05) is 25.4 Å². The van der Waals surface area contributed by atoms with Crippen molar-refractivity contribution < 1.29 is 23.4 Å². The highest BCUT2D eigenvalue weighted by Crippen LogP contribution is 2.25. The van der Waals surface area contributed by atoms with Gasteiger partial charge in [-0.15, -0.1) is 0 Å². The topological polar surface area (TPSA) is 63.6 Å². The van der Waals surface area contributed by atoms with E-state index in [0.717, 1.165) is 40.3 Å². The van der Waals surface area contributed by atoms with E-state index in [9.17, 15) is 13.9 Å². The van der Waals surface area contributed by atoms with Gasteiger partial charge in [-0.05, 0) is 54.8 Å². The quantitative estimate of drug-likeness (QED) is 0.509. The normalized spacial score (nSPS) is 11.9. The number of benzene rings is 2. The molecule has 1 aromatic heterocycles. The summed E-state index contributed by atoms with van der Waals surface area (Å²) in [6.45, 7) is 5.22. The summed E-state index contributed by atoms with van der Waals surface area (Å²) < 4.78 is 37.4. The predicted molar refractivity (Wildman–Crippen MR) is 114 cm³/mol. The van der Waals surface area contributed by atoms with Gasteiger partial charge in [0.2, 0.25) is 0 Å². The first-order chi connectivity index (χ1) is 14.9. The van der Waals surface area contributed by atoms with E-state index >= 15 is 0 Å². The molecule has 0 saturated heterocycles. The van der Waals surface area contributed by atoms with Crippen molar-refractivity contribution in [1.29, 1.82) is 0 Å². The Labute approximate surface area is 180 Å². The molecule has 2 aromatic carbocycles. The minimum absolute atomic E-state index is 0.0313. The molecule has 1 unspecified atom stereocenters. The second kappa shape index (κ2) is 10.8. The lowest BCUT2D eigenvalue weighted by Crippen LogP contribution is -2.31. The maximum absolute atomic E-state index is 13.2. The first-order valence-corrected chi connectivity index (χ1v) is 10.0. The first kappa shape index (κ1) is 22.7. The number of aliphatic hydroxyl groups is 1. The number of pyridine rings is 1. The van der Waals surface area contributed by atoms with Crippen molar-refractivity contribution in [2.45, 2.75) is 33.1 Å². The summed E-state index contributed by atoms with van der Waals surface area (Å²) in [7, 11) is 0. The number of aromatic nitrogens is 1. The van der Waals surface area contributed by atoms with E-state index in [-0.39, 0.29) is 12.4 Å². The van der Waals surface area contributed by atoms with Crippen LogP contribution in [-0.4, -0.2) is 29.3 Å². The lowest BCUT2D eigenvalue weighted by atomic mass is 10.1. The molecule has 0 saturated carbocycles. The summed E-state index contributed by atoms with van der Waals surface area (Å²) in [4.78, 5) is 4.27. The number of rotatable bonds is 10. The summed E-state index contributed by atoms with van der Waals surface area (Å²) >= 11 is 0. The fourth-order valence-corrected chi connectivity index (χ4v) is 3.20. The average molecular weight is 428 g/mol. The van der Waals surface area contributed by atoms with Gasteiger partial charge in [-0.25, -0.2) is 8.78 Å². The van der Waals surface area contributed by atoms with Crippen molar-refractivity contribution in [3.8, 4) is 11.5 Å². The lowest BCUT2D eigenvalue weighted by molar-refractivity contribution is 0.106. The van der Waals surface area contributed by atoms with E-state index < -0.39 is 17.7 Å². The van der Waals surface area contributed by atoms with Crippen LogP contribution in [0.3, 0.4) is 0 Å². The Hall–Kier alpha value is -3.03. The van der Waals surface area contributed by atoms with Crippen LogP contribution in [0.25, 0.3) is 0 Å². The minimum Gasteiger partial charge on any atom is -0.491 e. The SMILES string of the molecule is Cc1cc(CNCC(O)COc2ccc(F)c(F)c2)cc(C)c1OCc1ccccn1. The third-order valence-corrected chi connectivity index (χ3v) is 4.65. The van der Waals surface area contributed by atoms with Crippen LogP contribution in [0.5, 0.6) is 11.5 Å². The number of hydrogen-bond donors (Lipinski definition) is 2. The molecule has 7 heteroatoms. The number of nitrogens with one attached hydrogen (secondary N) is 1. The van der Waals surface area contributed by atoms with Gasteiger partial charge in [0.05, 0.1) is 5.69 Å². The number of halogens is 2. The number of hydrogen-bond acceptors (Lipinski definition) is 5. The van der Waals surface area contributed by atoms with Gasteiger partial charge in [0.25, 0.3) is 0 Å². The Morgan fingerprint density at radius 1 is 1.00 bits per heavy atom. The van der Waals surface area contributed by atoms with Crippen LogP contribution < -0.4 is 14.8 Å². The molecule has 0 amide bonds. The molecule has 31 heavy (non-hydrogen) atoms. The molecular weight excluding hydrogens is 402 g/mol. The van der Waals surface area contributed by atoms with E-state index in [1.54, 1.807) is 6.20 Å². The van der Waals surface area contributed by atoms with E-state index in [0.29, 0.717) is 19.7 Å². The Morgan fingerprint density at radius 3 is 2.45 bits per heavy atom. The van der Waals surface area contributed by atoms with E-state index in [4.69, 9.17) is 9.47 Å². The van der Waals surface area contributed by atoms with E-state index in [1.807, 2.05) is 44.2 Å². The molecule has 1 atom stereocenters. The largest absolute Gasteiger partial charge is 0.491 e. The van der Waals surface area contributed by atoms with E-state index in [1.165, 1.54) is 6.07 Å². The van der Waals surface area contributed by atoms with Crippen molar-refractivity contribution in [3.63, 3.8) is 0 Å². The van der Waals surface area contributed by atoms with Crippen molar-refractivity contribution in [2.24, 2.45) is 0 Å². The van der Waals surface area contributed by atoms with Gasteiger partial charge in [0.15, 0.2) is 11.6 Å². The molecule has 1 heterocycles. The minimum atomic E-state index is -0.983. The number of ether oxygens (including phenoxy) is 2. The molecule has 3 rings (SSSR count). The molecule has 0 spiro atoms. The van der Waals surface area contributed by atoms with Gasteiger partial charge >= 0.3 is 0 Å². The van der Waals surface area contributed by atoms with Crippen molar-refractivity contribution in [3.05, 3.63) is 88.7 Å². The predicted octanol–water partition coefficient (Wildman–Crippen LogP) is 4.09. The summed E-state index contributed by atoms with van der Waals surface area (Å²) in [5.74, 6) is -0.906. The van der Waals surface area contributed by atoms with Crippen LogP contribution in [0.2, 0.25) is 0 Å². The fourth-order valence-electron chi connectivity index (χ4n) is 3.20. The molecule has 0 aliphatic heterocycles. The summed E-state index contributed by atoms with van der Waals surface area (Å²) in [5, 5.41) is 13.2. The zero-order chi connectivity index (χ0) is 22.2. The maximum Gasteiger partial charge on any atom is 0.162 e. The smallest absolute Gasteiger partial charge is 0.162 e. The zero-order valence-corrected chi connectivity index (χ0v) is 17.6. The lowest BCUT2D eigenvalue weighted by Gasteiger charge is -2.16. The second-order valence-corrected chi connectivity index (χ2v) is 7.34. The van der Waals surface area contributed by atoms with Crippen LogP contribution in [0.15, 0.2) is 54.7 Å².